The Morgan fingerprint density at radius 3 is 2.62 bits per heavy atom. The summed E-state index contributed by atoms with van der Waals surface area (Å²) in [4.78, 5) is 0. The lowest BCUT2D eigenvalue weighted by Crippen LogP contribution is -2.49. The predicted molar refractivity (Wildman–Crippen MR) is 84.2 cm³/mol. The second-order valence-electron chi connectivity index (χ2n) is 5.27. The number of hydrogen-bond donors (Lipinski definition) is 1. The minimum atomic E-state index is -0.257. The largest absolute Gasteiger partial charge is 0.495 e. The van der Waals surface area contributed by atoms with E-state index in [1.165, 1.54) is 0 Å². The van der Waals surface area contributed by atoms with Gasteiger partial charge in [-0.15, -0.1) is 0 Å². The lowest BCUT2D eigenvalue weighted by Gasteiger charge is -2.43. The number of nitrogens with one attached hydrogen (secondary N) is 1. The molecular formula is C16H24ClNO3. The molecule has 0 amide bonds. The fraction of sp³-hybridized carbons (Fsp3) is 0.625. The highest BCUT2D eigenvalue weighted by atomic mass is 35.5. The maximum Gasteiger partial charge on any atom is 0.137 e. The Bertz CT molecular complexity index is 461. The SMILES string of the molecule is CCNC(c1ccc(Cl)c(OC)c1)C1(OC)CCOCC1. The summed E-state index contributed by atoms with van der Waals surface area (Å²) in [6.07, 6.45) is 1.73. The summed E-state index contributed by atoms with van der Waals surface area (Å²) in [5, 5.41) is 4.17. The normalized spacial score (nSPS) is 19.2. The average molecular weight is 314 g/mol. The van der Waals surface area contributed by atoms with Crippen molar-refractivity contribution < 1.29 is 14.2 Å². The van der Waals surface area contributed by atoms with E-state index in [2.05, 4.69) is 12.2 Å². The van der Waals surface area contributed by atoms with Crippen molar-refractivity contribution in [2.45, 2.75) is 31.4 Å². The van der Waals surface area contributed by atoms with Crippen LogP contribution in [0.4, 0.5) is 0 Å². The molecule has 0 spiro atoms. The van der Waals surface area contributed by atoms with Crippen LogP contribution in [0.3, 0.4) is 0 Å². The molecule has 118 valence electrons. The van der Waals surface area contributed by atoms with Gasteiger partial charge in [-0.1, -0.05) is 24.6 Å². The van der Waals surface area contributed by atoms with Gasteiger partial charge in [0.1, 0.15) is 5.75 Å². The fourth-order valence-electron chi connectivity index (χ4n) is 3.00. The van der Waals surface area contributed by atoms with Crippen molar-refractivity contribution in [1.82, 2.24) is 5.32 Å². The summed E-state index contributed by atoms with van der Waals surface area (Å²) < 4.78 is 16.8. The minimum absolute atomic E-state index is 0.0857. The molecule has 1 N–H and O–H groups in total. The Balaban J connectivity index is 2.37. The first-order chi connectivity index (χ1) is 10.2. The van der Waals surface area contributed by atoms with Crippen LogP contribution in [-0.4, -0.2) is 39.6 Å². The number of methoxy groups -OCH3 is 2. The van der Waals surface area contributed by atoms with Crippen LogP contribution in [0.15, 0.2) is 18.2 Å². The van der Waals surface area contributed by atoms with Crippen molar-refractivity contribution in [3.63, 3.8) is 0 Å². The van der Waals surface area contributed by atoms with Crippen LogP contribution in [0, 0.1) is 0 Å². The molecular weight excluding hydrogens is 290 g/mol. The van der Waals surface area contributed by atoms with Gasteiger partial charge in [0.2, 0.25) is 0 Å². The van der Waals surface area contributed by atoms with Gasteiger partial charge in [0.15, 0.2) is 0 Å². The molecule has 1 heterocycles. The molecule has 1 saturated heterocycles. The summed E-state index contributed by atoms with van der Waals surface area (Å²) in [5.74, 6) is 0.690. The third kappa shape index (κ3) is 3.51. The van der Waals surface area contributed by atoms with Gasteiger partial charge in [-0.05, 0) is 24.2 Å². The number of benzene rings is 1. The first kappa shape index (κ1) is 16.6. The molecule has 1 aliphatic heterocycles. The lowest BCUT2D eigenvalue weighted by atomic mass is 9.82. The maximum absolute atomic E-state index is 6.14. The molecule has 21 heavy (non-hydrogen) atoms. The van der Waals surface area contributed by atoms with E-state index in [1.807, 2.05) is 18.2 Å². The van der Waals surface area contributed by atoms with Crippen LogP contribution >= 0.6 is 11.6 Å². The van der Waals surface area contributed by atoms with Crippen molar-refractivity contribution in [3.05, 3.63) is 28.8 Å². The molecule has 0 saturated carbocycles. The molecule has 0 aromatic heterocycles. The average Bonchev–Trinajstić information content (AvgIpc) is 2.54. The second kappa shape index (κ2) is 7.45. The highest BCUT2D eigenvalue weighted by molar-refractivity contribution is 6.32. The Hall–Kier alpha value is -0.810. The molecule has 1 unspecified atom stereocenters. The second-order valence-corrected chi connectivity index (χ2v) is 5.67. The summed E-state index contributed by atoms with van der Waals surface area (Å²) in [7, 11) is 3.41. The zero-order chi connectivity index (χ0) is 15.3. The van der Waals surface area contributed by atoms with Crippen LogP contribution in [-0.2, 0) is 9.47 Å². The Morgan fingerprint density at radius 2 is 2.05 bits per heavy atom. The Kier molecular flexibility index (Phi) is 5.88. The van der Waals surface area contributed by atoms with E-state index in [0.29, 0.717) is 10.8 Å². The zero-order valence-electron chi connectivity index (χ0n) is 12.9. The van der Waals surface area contributed by atoms with Gasteiger partial charge in [0.05, 0.1) is 23.8 Å². The number of likely N-dealkylation sites (N-methyl/N-ethyl adjacent to an activating group) is 1. The number of hydrogen-bond acceptors (Lipinski definition) is 4. The van der Waals surface area contributed by atoms with Crippen molar-refractivity contribution in [2.75, 3.05) is 34.0 Å². The van der Waals surface area contributed by atoms with E-state index < -0.39 is 0 Å². The summed E-state index contributed by atoms with van der Waals surface area (Å²) in [6.45, 7) is 4.41. The quantitative estimate of drug-likeness (QED) is 0.875. The van der Waals surface area contributed by atoms with E-state index in [4.69, 9.17) is 25.8 Å². The Labute approximate surface area is 131 Å². The highest BCUT2D eigenvalue weighted by Crippen LogP contribution is 2.39. The van der Waals surface area contributed by atoms with Gasteiger partial charge in [-0.25, -0.2) is 0 Å². The Morgan fingerprint density at radius 1 is 1.33 bits per heavy atom. The van der Waals surface area contributed by atoms with E-state index in [1.54, 1.807) is 14.2 Å². The predicted octanol–water partition coefficient (Wildman–Crippen LogP) is 3.19. The van der Waals surface area contributed by atoms with Crippen molar-refractivity contribution in [3.8, 4) is 5.75 Å². The van der Waals surface area contributed by atoms with Gasteiger partial charge in [0, 0.05) is 33.2 Å². The molecule has 5 heteroatoms. The molecule has 0 aliphatic carbocycles. The third-order valence-corrected chi connectivity index (χ3v) is 4.50. The molecule has 4 nitrogen and oxygen atoms in total. The molecule has 1 fully saturated rings. The first-order valence-electron chi connectivity index (χ1n) is 7.36. The van der Waals surface area contributed by atoms with Crippen molar-refractivity contribution >= 4 is 11.6 Å². The van der Waals surface area contributed by atoms with E-state index in [0.717, 1.165) is 38.2 Å². The fourth-order valence-corrected chi connectivity index (χ4v) is 3.19. The van der Waals surface area contributed by atoms with Crippen LogP contribution in [0.5, 0.6) is 5.75 Å². The zero-order valence-corrected chi connectivity index (χ0v) is 13.7. The first-order valence-corrected chi connectivity index (χ1v) is 7.74. The molecule has 1 aliphatic rings. The number of rotatable bonds is 6. The highest BCUT2D eigenvalue weighted by Gasteiger charge is 2.41. The summed E-state index contributed by atoms with van der Waals surface area (Å²) in [6, 6.07) is 5.99. The monoisotopic (exact) mass is 313 g/mol. The maximum atomic E-state index is 6.14. The van der Waals surface area contributed by atoms with E-state index in [9.17, 15) is 0 Å². The molecule has 2 rings (SSSR count). The van der Waals surface area contributed by atoms with Crippen LogP contribution in [0.1, 0.15) is 31.4 Å². The molecule has 0 bridgehead atoms. The van der Waals surface area contributed by atoms with Crippen LogP contribution in [0.25, 0.3) is 0 Å². The van der Waals surface area contributed by atoms with Crippen molar-refractivity contribution in [1.29, 1.82) is 0 Å². The summed E-state index contributed by atoms with van der Waals surface area (Å²) >= 11 is 6.14. The van der Waals surface area contributed by atoms with Crippen LogP contribution < -0.4 is 10.1 Å². The van der Waals surface area contributed by atoms with Gasteiger partial charge in [-0.2, -0.15) is 0 Å². The summed E-state index contributed by atoms with van der Waals surface area (Å²) in [5.41, 5.74) is 0.870. The van der Waals surface area contributed by atoms with Gasteiger partial charge < -0.3 is 19.5 Å². The van der Waals surface area contributed by atoms with Crippen LogP contribution in [0.2, 0.25) is 5.02 Å². The minimum Gasteiger partial charge on any atom is -0.495 e. The smallest absolute Gasteiger partial charge is 0.137 e. The van der Waals surface area contributed by atoms with E-state index in [-0.39, 0.29) is 11.6 Å². The molecule has 1 aromatic rings. The molecule has 1 aromatic carbocycles. The molecule has 0 radical (unpaired) electrons. The standard InChI is InChI=1S/C16H24ClNO3/c1-4-18-15(16(20-3)7-9-21-10-8-16)12-5-6-13(17)14(11-12)19-2/h5-6,11,15,18H,4,7-10H2,1-3H3. The van der Waals surface area contributed by atoms with Gasteiger partial charge >= 0.3 is 0 Å². The van der Waals surface area contributed by atoms with Crippen molar-refractivity contribution in [2.24, 2.45) is 0 Å². The van der Waals surface area contributed by atoms with Gasteiger partial charge in [-0.3, -0.25) is 0 Å². The molecule has 1 atom stereocenters. The van der Waals surface area contributed by atoms with E-state index >= 15 is 0 Å². The third-order valence-electron chi connectivity index (χ3n) is 4.19. The van der Waals surface area contributed by atoms with Gasteiger partial charge in [0.25, 0.3) is 0 Å². The number of halogens is 1. The number of ether oxygens (including phenoxy) is 3. The lowest BCUT2D eigenvalue weighted by molar-refractivity contribution is -0.111. The topological polar surface area (TPSA) is 39.7 Å².